The molecular formula is C26H28N4O4. The quantitative estimate of drug-likeness (QED) is 0.551. The predicted octanol–water partition coefficient (Wildman–Crippen LogP) is 4.23. The monoisotopic (exact) mass is 460 g/mol. The Balaban J connectivity index is 1.36. The van der Waals surface area contributed by atoms with Crippen LogP contribution in [-0.4, -0.2) is 50.1 Å². The zero-order valence-electron chi connectivity index (χ0n) is 19.4. The van der Waals surface area contributed by atoms with Crippen LogP contribution < -0.4 is 15.1 Å². The first-order valence-electron chi connectivity index (χ1n) is 11.6. The summed E-state index contributed by atoms with van der Waals surface area (Å²) < 4.78 is 10.4. The minimum atomic E-state index is -0.455. The lowest BCUT2D eigenvalue weighted by Gasteiger charge is -2.38. The number of carbonyl (C=O) groups excluding carboxylic acids is 2. The number of nitrogens with zero attached hydrogens (tertiary/aromatic N) is 3. The lowest BCUT2D eigenvalue weighted by molar-refractivity contribution is 0.0600. The van der Waals surface area contributed by atoms with Crippen LogP contribution in [0.3, 0.4) is 0 Å². The number of methoxy groups -OCH3 is 1. The second-order valence-corrected chi connectivity index (χ2v) is 8.78. The molecule has 2 aromatic carbocycles. The number of amides is 1. The molecule has 5 rings (SSSR count). The van der Waals surface area contributed by atoms with E-state index < -0.39 is 5.97 Å². The van der Waals surface area contributed by atoms with Crippen LogP contribution in [0.2, 0.25) is 0 Å². The zero-order valence-corrected chi connectivity index (χ0v) is 19.4. The van der Waals surface area contributed by atoms with Gasteiger partial charge < -0.3 is 24.3 Å². The Bertz CT molecular complexity index is 1210. The molecule has 1 saturated heterocycles. The van der Waals surface area contributed by atoms with Crippen LogP contribution in [-0.2, 0) is 4.74 Å². The van der Waals surface area contributed by atoms with Crippen molar-refractivity contribution in [2.24, 2.45) is 0 Å². The van der Waals surface area contributed by atoms with E-state index in [4.69, 9.17) is 9.15 Å². The number of ether oxygens (including phenoxy) is 1. The van der Waals surface area contributed by atoms with Crippen LogP contribution in [0.5, 0.6) is 0 Å². The highest BCUT2D eigenvalue weighted by molar-refractivity contribution is 6.05. The number of para-hydroxylation sites is 1. The van der Waals surface area contributed by atoms with E-state index in [0.717, 1.165) is 44.7 Å². The molecular weight excluding hydrogens is 432 g/mol. The van der Waals surface area contributed by atoms with E-state index >= 15 is 0 Å². The molecule has 8 nitrogen and oxygen atoms in total. The average molecular weight is 461 g/mol. The largest absolute Gasteiger partial charge is 0.465 e. The van der Waals surface area contributed by atoms with E-state index in [2.05, 4.69) is 51.3 Å². The number of hydrogen-bond donors (Lipinski definition) is 1. The first-order valence-corrected chi connectivity index (χ1v) is 11.6. The molecule has 0 radical (unpaired) electrons. The molecule has 2 aliphatic rings. The van der Waals surface area contributed by atoms with Crippen molar-refractivity contribution in [2.45, 2.75) is 25.7 Å². The SMILES string of the molecule is COC(=O)c1ccc(N2CCN(c3ccccc3C)CC2)c(NC(=O)c2coc(C3CC3)n2)c1. The minimum Gasteiger partial charge on any atom is -0.465 e. The van der Waals surface area contributed by atoms with Gasteiger partial charge in [0.25, 0.3) is 5.91 Å². The lowest BCUT2D eigenvalue weighted by atomic mass is 10.1. The summed E-state index contributed by atoms with van der Waals surface area (Å²) in [7, 11) is 1.34. The van der Waals surface area contributed by atoms with Gasteiger partial charge in [0.15, 0.2) is 11.6 Å². The Morgan fingerprint density at radius 3 is 2.41 bits per heavy atom. The van der Waals surface area contributed by atoms with Crippen molar-refractivity contribution in [3.05, 3.63) is 71.4 Å². The van der Waals surface area contributed by atoms with E-state index in [1.165, 1.54) is 24.6 Å². The molecule has 2 fully saturated rings. The number of hydrogen-bond acceptors (Lipinski definition) is 7. The Morgan fingerprint density at radius 1 is 1.03 bits per heavy atom. The van der Waals surface area contributed by atoms with Gasteiger partial charge in [-0.2, -0.15) is 0 Å². The van der Waals surface area contributed by atoms with Crippen molar-refractivity contribution < 1.29 is 18.7 Å². The molecule has 1 saturated carbocycles. The average Bonchev–Trinajstić information content (AvgIpc) is 3.60. The van der Waals surface area contributed by atoms with Crippen molar-refractivity contribution in [1.82, 2.24) is 4.98 Å². The number of aryl methyl sites for hydroxylation is 1. The van der Waals surface area contributed by atoms with Crippen LogP contribution in [0.1, 0.15) is 51.1 Å². The maximum Gasteiger partial charge on any atom is 0.337 e. The van der Waals surface area contributed by atoms with Crippen molar-refractivity contribution in [3.8, 4) is 0 Å². The highest BCUT2D eigenvalue weighted by Gasteiger charge is 2.30. The Morgan fingerprint density at radius 2 is 1.74 bits per heavy atom. The highest BCUT2D eigenvalue weighted by atomic mass is 16.5. The van der Waals surface area contributed by atoms with E-state index in [-0.39, 0.29) is 11.6 Å². The second-order valence-electron chi connectivity index (χ2n) is 8.78. The number of oxazole rings is 1. The number of aromatic nitrogens is 1. The Hall–Kier alpha value is -3.81. The molecule has 3 aromatic rings. The highest BCUT2D eigenvalue weighted by Crippen LogP contribution is 2.39. The molecule has 1 aromatic heterocycles. The first-order chi connectivity index (χ1) is 16.5. The maximum absolute atomic E-state index is 13.0. The smallest absolute Gasteiger partial charge is 0.337 e. The third kappa shape index (κ3) is 4.48. The molecule has 1 amide bonds. The number of rotatable bonds is 6. The Labute approximate surface area is 198 Å². The summed E-state index contributed by atoms with van der Waals surface area (Å²) in [5.74, 6) is 0.117. The van der Waals surface area contributed by atoms with Gasteiger partial charge in [-0.1, -0.05) is 18.2 Å². The summed E-state index contributed by atoms with van der Waals surface area (Å²) in [4.78, 5) is 34.0. The van der Waals surface area contributed by atoms with E-state index in [1.54, 1.807) is 12.1 Å². The summed E-state index contributed by atoms with van der Waals surface area (Å²) in [6.07, 6.45) is 3.48. The molecule has 176 valence electrons. The molecule has 2 heterocycles. The van der Waals surface area contributed by atoms with Crippen molar-refractivity contribution in [3.63, 3.8) is 0 Å². The molecule has 1 aliphatic heterocycles. The molecule has 0 atom stereocenters. The molecule has 0 bridgehead atoms. The lowest BCUT2D eigenvalue weighted by Crippen LogP contribution is -2.47. The van der Waals surface area contributed by atoms with Crippen LogP contribution in [0.4, 0.5) is 17.1 Å². The van der Waals surface area contributed by atoms with Crippen LogP contribution in [0.25, 0.3) is 0 Å². The number of esters is 1. The minimum absolute atomic E-state index is 0.237. The van der Waals surface area contributed by atoms with Crippen LogP contribution in [0, 0.1) is 6.92 Å². The van der Waals surface area contributed by atoms with Gasteiger partial charge in [-0.25, -0.2) is 9.78 Å². The van der Waals surface area contributed by atoms with Gasteiger partial charge in [0.2, 0.25) is 0 Å². The summed E-state index contributed by atoms with van der Waals surface area (Å²) in [5.41, 5.74) is 4.52. The summed E-state index contributed by atoms with van der Waals surface area (Å²) in [6, 6.07) is 13.6. The number of benzene rings is 2. The molecule has 0 unspecified atom stereocenters. The van der Waals surface area contributed by atoms with E-state index in [0.29, 0.717) is 23.1 Å². The maximum atomic E-state index is 13.0. The topological polar surface area (TPSA) is 87.9 Å². The summed E-state index contributed by atoms with van der Waals surface area (Å²) in [5, 5.41) is 2.94. The van der Waals surface area contributed by atoms with Gasteiger partial charge >= 0.3 is 5.97 Å². The normalized spacial score (nSPS) is 15.8. The fourth-order valence-corrected chi connectivity index (χ4v) is 4.36. The van der Waals surface area contributed by atoms with Gasteiger partial charge in [0.1, 0.15) is 6.26 Å². The molecule has 8 heteroatoms. The van der Waals surface area contributed by atoms with Crippen LogP contribution in [0.15, 0.2) is 53.1 Å². The number of anilines is 3. The molecule has 34 heavy (non-hydrogen) atoms. The molecule has 1 N–H and O–H groups in total. The van der Waals surface area contributed by atoms with Gasteiger partial charge in [-0.3, -0.25) is 4.79 Å². The predicted molar refractivity (Wildman–Crippen MR) is 130 cm³/mol. The summed E-state index contributed by atoms with van der Waals surface area (Å²) >= 11 is 0. The zero-order chi connectivity index (χ0) is 23.7. The van der Waals surface area contributed by atoms with Gasteiger partial charge in [0, 0.05) is 37.8 Å². The molecule has 1 aliphatic carbocycles. The third-order valence-corrected chi connectivity index (χ3v) is 6.42. The fraction of sp³-hybridized carbons (Fsp3) is 0.346. The van der Waals surface area contributed by atoms with Crippen molar-refractivity contribution in [1.29, 1.82) is 0 Å². The number of nitrogens with one attached hydrogen (secondary N) is 1. The third-order valence-electron chi connectivity index (χ3n) is 6.42. The van der Waals surface area contributed by atoms with Crippen molar-refractivity contribution >= 4 is 28.9 Å². The Kier molecular flexibility index (Phi) is 5.96. The van der Waals surface area contributed by atoms with Gasteiger partial charge in [-0.05, 0) is 49.6 Å². The fourth-order valence-electron chi connectivity index (χ4n) is 4.36. The van der Waals surface area contributed by atoms with Gasteiger partial charge in [-0.15, -0.1) is 0 Å². The standard InChI is InChI=1S/C26H28N4O4/c1-17-5-3-4-6-22(17)29-11-13-30(14-12-29)23-10-9-19(26(32)33-2)15-20(23)27-24(31)21-16-34-25(28-21)18-7-8-18/h3-6,9-10,15-16,18H,7-8,11-14H2,1-2H3,(H,27,31). The van der Waals surface area contributed by atoms with Crippen LogP contribution >= 0.6 is 0 Å². The van der Waals surface area contributed by atoms with E-state index in [1.807, 2.05) is 6.07 Å². The number of carbonyl (C=O) groups is 2. The van der Waals surface area contributed by atoms with E-state index in [9.17, 15) is 9.59 Å². The van der Waals surface area contributed by atoms with Crippen molar-refractivity contribution in [2.75, 3.05) is 48.4 Å². The summed E-state index contributed by atoms with van der Waals surface area (Å²) in [6.45, 7) is 5.39. The second kappa shape index (κ2) is 9.21. The molecule has 0 spiro atoms. The first kappa shape index (κ1) is 22.0. The van der Waals surface area contributed by atoms with Gasteiger partial charge in [0.05, 0.1) is 24.0 Å². The number of piperazine rings is 1.